The normalized spacial score (nSPS) is 21.9. The first-order valence-corrected chi connectivity index (χ1v) is 4.25. The zero-order chi connectivity index (χ0) is 8.27. The quantitative estimate of drug-likeness (QED) is 0.620. The topological polar surface area (TPSA) is 69.1 Å². The van der Waals surface area contributed by atoms with E-state index in [-0.39, 0.29) is 5.91 Å². The van der Waals surface area contributed by atoms with Crippen LogP contribution in [0, 0.1) is 5.92 Å². The Morgan fingerprint density at radius 3 is 2.45 bits per heavy atom. The summed E-state index contributed by atoms with van der Waals surface area (Å²) >= 11 is 0. The average molecular weight is 156 g/mol. The number of hydrogen-bond donors (Lipinski definition) is 2. The van der Waals surface area contributed by atoms with Crippen molar-refractivity contribution in [2.24, 2.45) is 17.4 Å². The summed E-state index contributed by atoms with van der Waals surface area (Å²) < 4.78 is 0. The Bertz CT molecular complexity index is 141. The average Bonchev–Trinajstić information content (AvgIpc) is 2.39. The van der Waals surface area contributed by atoms with Crippen molar-refractivity contribution in [3.63, 3.8) is 0 Å². The molecule has 1 aliphatic carbocycles. The predicted molar refractivity (Wildman–Crippen MR) is 43.7 cm³/mol. The minimum absolute atomic E-state index is 0.364. The molecule has 0 aromatic carbocycles. The van der Waals surface area contributed by atoms with Crippen molar-refractivity contribution in [3.05, 3.63) is 0 Å². The van der Waals surface area contributed by atoms with Crippen molar-refractivity contribution < 1.29 is 4.79 Å². The zero-order valence-electron chi connectivity index (χ0n) is 6.75. The second kappa shape index (κ2) is 3.72. The summed E-state index contributed by atoms with van der Waals surface area (Å²) in [4.78, 5) is 10.6. The van der Waals surface area contributed by atoms with E-state index in [1.807, 2.05) is 0 Å². The Morgan fingerprint density at radius 1 is 1.45 bits per heavy atom. The molecule has 0 heterocycles. The number of primary amides is 1. The Labute approximate surface area is 67.1 Å². The van der Waals surface area contributed by atoms with E-state index in [0.29, 0.717) is 5.92 Å². The summed E-state index contributed by atoms with van der Waals surface area (Å²) in [5.74, 6) is 0.286. The molecular weight excluding hydrogens is 140 g/mol. The molecule has 64 valence electrons. The van der Waals surface area contributed by atoms with E-state index in [1.54, 1.807) is 0 Å². The molecule has 4 N–H and O–H groups in total. The van der Waals surface area contributed by atoms with Gasteiger partial charge in [0.2, 0.25) is 5.91 Å². The van der Waals surface area contributed by atoms with Crippen molar-refractivity contribution in [2.75, 3.05) is 0 Å². The highest BCUT2D eigenvalue weighted by Gasteiger charge is 2.20. The molecule has 1 amide bonds. The molecule has 0 bridgehead atoms. The van der Waals surface area contributed by atoms with Crippen LogP contribution in [-0.4, -0.2) is 11.9 Å². The molecule has 1 rings (SSSR count). The smallest absolute Gasteiger partial charge is 0.234 e. The van der Waals surface area contributed by atoms with Gasteiger partial charge in [0.15, 0.2) is 0 Å². The largest absolute Gasteiger partial charge is 0.368 e. The van der Waals surface area contributed by atoms with Gasteiger partial charge in [-0.05, 0) is 12.3 Å². The first kappa shape index (κ1) is 8.53. The van der Waals surface area contributed by atoms with Crippen molar-refractivity contribution >= 4 is 5.91 Å². The number of hydrogen-bond acceptors (Lipinski definition) is 2. The maximum atomic E-state index is 10.6. The molecule has 0 radical (unpaired) electrons. The van der Waals surface area contributed by atoms with Gasteiger partial charge < -0.3 is 11.5 Å². The second-order valence-corrected chi connectivity index (χ2v) is 3.40. The van der Waals surface area contributed by atoms with E-state index in [0.717, 1.165) is 6.42 Å². The predicted octanol–water partition coefficient (Wildman–Crippen LogP) is 0.379. The Kier molecular flexibility index (Phi) is 2.88. The maximum Gasteiger partial charge on any atom is 0.234 e. The molecule has 1 saturated carbocycles. The van der Waals surface area contributed by atoms with Gasteiger partial charge >= 0.3 is 0 Å². The molecule has 0 aromatic heterocycles. The molecule has 0 aliphatic heterocycles. The summed E-state index contributed by atoms with van der Waals surface area (Å²) in [5, 5.41) is 0. The summed E-state index contributed by atoms with van der Waals surface area (Å²) in [6.45, 7) is 0. The lowest BCUT2D eigenvalue weighted by molar-refractivity contribution is -0.119. The molecule has 0 spiro atoms. The van der Waals surface area contributed by atoms with Crippen LogP contribution in [-0.2, 0) is 4.79 Å². The lowest BCUT2D eigenvalue weighted by Gasteiger charge is -2.12. The molecular formula is C8H16N2O. The van der Waals surface area contributed by atoms with Crippen LogP contribution in [0.2, 0.25) is 0 Å². The maximum absolute atomic E-state index is 10.6. The molecule has 1 unspecified atom stereocenters. The molecule has 1 fully saturated rings. The summed E-state index contributed by atoms with van der Waals surface area (Å²) in [6, 6.07) is -0.418. The van der Waals surface area contributed by atoms with E-state index in [2.05, 4.69) is 0 Å². The van der Waals surface area contributed by atoms with Crippen LogP contribution in [0.5, 0.6) is 0 Å². The van der Waals surface area contributed by atoms with Crippen LogP contribution in [0.4, 0.5) is 0 Å². The first-order chi connectivity index (χ1) is 5.20. The molecule has 3 heteroatoms. The summed E-state index contributed by atoms with van der Waals surface area (Å²) in [6.07, 6.45) is 5.81. The Hall–Kier alpha value is -0.570. The molecule has 3 nitrogen and oxygen atoms in total. The first-order valence-electron chi connectivity index (χ1n) is 4.25. The molecule has 1 aliphatic rings. The number of amides is 1. The fourth-order valence-corrected chi connectivity index (χ4v) is 1.72. The van der Waals surface area contributed by atoms with Crippen LogP contribution in [0.25, 0.3) is 0 Å². The van der Waals surface area contributed by atoms with Gasteiger partial charge in [-0.15, -0.1) is 0 Å². The van der Waals surface area contributed by atoms with Gasteiger partial charge in [0, 0.05) is 0 Å². The minimum Gasteiger partial charge on any atom is -0.368 e. The number of carbonyl (C=O) groups excluding carboxylic acids is 1. The highest BCUT2D eigenvalue weighted by Crippen LogP contribution is 2.27. The molecule has 11 heavy (non-hydrogen) atoms. The van der Waals surface area contributed by atoms with Gasteiger partial charge in [-0.1, -0.05) is 25.7 Å². The lowest BCUT2D eigenvalue weighted by atomic mass is 9.99. The van der Waals surface area contributed by atoms with Crippen LogP contribution in [0.3, 0.4) is 0 Å². The van der Waals surface area contributed by atoms with Crippen molar-refractivity contribution in [1.29, 1.82) is 0 Å². The number of carbonyl (C=O) groups is 1. The van der Waals surface area contributed by atoms with Crippen LogP contribution >= 0.6 is 0 Å². The fourth-order valence-electron chi connectivity index (χ4n) is 1.72. The molecule has 0 aromatic rings. The fraction of sp³-hybridized carbons (Fsp3) is 0.875. The number of nitrogens with two attached hydrogens (primary N) is 2. The van der Waals surface area contributed by atoms with Gasteiger partial charge in [-0.25, -0.2) is 0 Å². The second-order valence-electron chi connectivity index (χ2n) is 3.40. The lowest BCUT2D eigenvalue weighted by Crippen LogP contribution is -2.37. The SMILES string of the molecule is NC(=O)C(N)CC1CCCC1. The van der Waals surface area contributed by atoms with Gasteiger partial charge in [0.05, 0.1) is 6.04 Å². The third kappa shape index (κ3) is 2.50. The third-order valence-electron chi connectivity index (χ3n) is 2.43. The molecule has 0 saturated heterocycles. The standard InChI is InChI=1S/C8H16N2O/c9-7(8(10)11)5-6-3-1-2-4-6/h6-7H,1-5,9H2,(H2,10,11). The monoisotopic (exact) mass is 156 g/mol. The van der Waals surface area contributed by atoms with E-state index in [4.69, 9.17) is 11.5 Å². The highest BCUT2D eigenvalue weighted by molar-refractivity contribution is 5.79. The van der Waals surface area contributed by atoms with Crippen molar-refractivity contribution in [3.8, 4) is 0 Å². The zero-order valence-corrected chi connectivity index (χ0v) is 6.75. The highest BCUT2D eigenvalue weighted by atomic mass is 16.1. The minimum atomic E-state index is -0.418. The van der Waals surface area contributed by atoms with Crippen LogP contribution in [0.15, 0.2) is 0 Å². The van der Waals surface area contributed by atoms with Gasteiger partial charge in [-0.2, -0.15) is 0 Å². The van der Waals surface area contributed by atoms with Gasteiger partial charge in [0.1, 0.15) is 0 Å². The van der Waals surface area contributed by atoms with Crippen molar-refractivity contribution in [2.45, 2.75) is 38.1 Å². The summed E-state index contributed by atoms with van der Waals surface area (Å²) in [7, 11) is 0. The number of rotatable bonds is 3. The third-order valence-corrected chi connectivity index (χ3v) is 2.43. The van der Waals surface area contributed by atoms with Gasteiger partial charge in [-0.3, -0.25) is 4.79 Å². The van der Waals surface area contributed by atoms with Gasteiger partial charge in [0.25, 0.3) is 0 Å². The van der Waals surface area contributed by atoms with Crippen LogP contribution < -0.4 is 11.5 Å². The summed E-state index contributed by atoms with van der Waals surface area (Å²) in [5.41, 5.74) is 10.6. The molecule has 1 atom stereocenters. The van der Waals surface area contributed by atoms with Crippen molar-refractivity contribution in [1.82, 2.24) is 0 Å². The van der Waals surface area contributed by atoms with E-state index in [9.17, 15) is 4.79 Å². The van der Waals surface area contributed by atoms with Crippen LogP contribution in [0.1, 0.15) is 32.1 Å². The Morgan fingerprint density at radius 2 is 2.00 bits per heavy atom. The Balaban J connectivity index is 2.23. The van der Waals surface area contributed by atoms with E-state index in [1.165, 1.54) is 25.7 Å². The van der Waals surface area contributed by atoms with E-state index < -0.39 is 6.04 Å². The van der Waals surface area contributed by atoms with E-state index >= 15 is 0 Å².